The van der Waals surface area contributed by atoms with E-state index in [0.717, 1.165) is 31.5 Å². The van der Waals surface area contributed by atoms with Crippen molar-refractivity contribution >= 4 is 16.9 Å². The van der Waals surface area contributed by atoms with Gasteiger partial charge < -0.3 is 9.52 Å². The highest BCUT2D eigenvalue weighted by atomic mass is 19.1. The Hall–Kier alpha value is -2.67. The minimum atomic E-state index is -1.02. The molecular formula is C18H18FN3O3. The number of carboxylic acid groups (broad SMARTS) is 1. The van der Waals surface area contributed by atoms with Gasteiger partial charge >= 0.3 is 5.97 Å². The molecule has 3 heterocycles. The number of likely N-dealkylation sites (tertiary alicyclic amines) is 1. The van der Waals surface area contributed by atoms with E-state index in [1.54, 1.807) is 23.0 Å². The number of hydrogen-bond acceptors (Lipinski definition) is 4. The number of rotatable bonds is 4. The smallest absolute Gasteiger partial charge is 0.356 e. The van der Waals surface area contributed by atoms with E-state index in [-0.39, 0.29) is 17.6 Å². The zero-order valence-corrected chi connectivity index (χ0v) is 13.6. The van der Waals surface area contributed by atoms with Crippen molar-refractivity contribution < 1.29 is 18.7 Å². The summed E-state index contributed by atoms with van der Waals surface area (Å²) in [7, 11) is 0. The molecule has 3 aromatic rings. The minimum absolute atomic E-state index is 0.0629. The lowest BCUT2D eigenvalue weighted by Crippen LogP contribution is -2.36. The Balaban J connectivity index is 1.52. The van der Waals surface area contributed by atoms with Gasteiger partial charge in [0.2, 0.25) is 0 Å². The number of halogens is 1. The van der Waals surface area contributed by atoms with Crippen LogP contribution in [0.5, 0.6) is 0 Å². The summed E-state index contributed by atoms with van der Waals surface area (Å²) in [6.07, 6.45) is 5.18. The molecule has 1 fully saturated rings. The Morgan fingerprint density at radius 1 is 1.36 bits per heavy atom. The number of aromatic nitrogens is 2. The number of fused-ring (bicyclic) bond motifs is 1. The Kier molecular flexibility index (Phi) is 4.01. The topological polar surface area (TPSA) is 71.5 Å². The van der Waals surface area contributed by atoms with Gasteiger partial charge in [-0.2, -0.15) is 5.10 Å². The van der Waals surface area contributed by atoms with Crippen LogP contribution in [0.4, 0.5) is 4.39 Å². The van der Waals surface area contributed by atoms with E-state index < -0.39 is 5.97 Å². The molecule has 6 nitrogen and oxygen atoms in total. The molecule has 1 aromatic carbocycles. The Morgan fingerprint density at radius 2 is 2.24 bits per heavy atom. The van der Waals surface area contributed by atoms with Crippen LogP contribution >= 0.6 is 0 Å². The van der Waals surface area contributed by atoms with Gasteiger partial charge in [0.05, 0.1) is 17.7 Å². The van der Waals surface area contributed by atoms with Gasteiger partial charge in [-0.05, 0) is 37.6 Å². The van der Waals surface area contributed by atoms with Gasteiger partial charge in [0, 0.05) is 24.8 Å². The molecule has 1 aliphatic rings. The molecule has 1 N–H and O–H groups in total. The lowest BCUT2D eigenvalue weighted by molar-refractivity contribution is 0.0688. The third-order valence-electron chi connectivity index (χ3n) is 4.72. The van der Waals surface area contributed by atoms with E-state index in [2.05, 4.69) is 10.00 Å². The number of aromatic carboxylic acids is 1. The van der Waals surface area contributed by atoms with Gasteiger partial charge in [-0.3, -0.25) is 9.58 Å². The largest absolute Gasteiger partial charge is 0.476 e. The predicted octanol–water partition coefficient (Wildman–Crippen LogP) is 3.30. The molecule has 0 aliphatic carbocycles. The molecule has 1 saturated heterocycles. The number of carboxylic acids is 1. The maximum atomic E-state index is 13.8. The second kappa shape index (κ2) is 6.33. The summed E-state index contributed by atoms with van der Waals surface area (Å²) >= 11 is 0. The normalized spacial score (nSPS) is 18.7. The second-order valence-corrected chi connectivity index (χ2v) is 6.39. The van der Waals surface area contributed by atoms with E-state index in [1.807, 2.05) is 0 Å². The fourth-order valence-corrected chi connectivity index (χ4v) is 3.50. The maximum Gasteiger partial charge on any atom is 0.356 e. The van der Waals surface area contributed by atoms with Crippen molar-refractivity contribution in [3.63, 3.8) is 0 Å². The summed E-state index contributed by atoms with van der Waals surface area (Å²) in [6, 6.07) is 6.54. The van der Waals surface area contributed by atoms with E-state index >= 15 is 0 Å². The first kappa shape index (κ1) is 15.8. The van der Waals surface area contributed by atoms with Gasteiger partial charge in [0.15, 0.2) is 5.69 Å². The van der Waals surface area contributed by atoms with Gasteiger partial charge in [-0.15, -0.1) is 0 Å². The molecule has 130 valence electrons. The van der Waals surface area contributed by atoms with Crippen molar-refractivity contribution in [2.75, 3.05) is 13.1 Å². The van der Waals surface area contributed by atoms with Crippen LogP contribution in [0.1, 0.15) is 34.9 Å². The van der Waals surface area contributed by atoms with E-state index in [4.69, 9.17) is 9.52 Å². The van der Waals surface area contributed by atoms with Crippen molar-refractivity contribution in [1.82, 2.24) is 14.7 Å². The van der Waals surface area contributed by atoms with Crippen molar-refractivity contribution in [3.8, 4) is 0 Å². The molecule has 1 atom stereocenters. The SMILES string of the molecule is O=C(O)c1ccn(C2CCCN(Cc3ccc(F)c4ccoc34)C2)n1. The number of piperidine rings is 1. The van der Waals surface area contributed by atoms with E-state index in [9.17, 15) is 9.18 Å². The fourth-order valence-electron chi connectivity index (χ4n) is 3.50. The van der Waals surface area contributed by atoms with Crippen molar-refractivity contribution in [2.24, 2.45) is 0 Å². The molecule has 0 saturated carbocycles. The predicted molar refractivity (Wildman–Crippen MR) is 88.9 cm³/mol. The minimum Gasteiger partial charge on any atom is -0.476 e. The van der Waals surface area contributed by atoms with Gasteiger partial charge in [-0.25, -0.2) is 9.18 Å². The molecular weight excluding hydrogens is 325 g/mol. The zero-order chi connectivity index (χ0) is 17.4. The number of nitrogens with zero attached hydrogens (tertiary/aromatic N) is 3. The average Bonchev–Trinajstić information content (AvgIpc) is 3.27. The molecule has 4 rings (SSSR count). The Morgan fingerprint density at radius 3 is 3.04 bits per heavy atom. The van der Waals surface area contributed by atoms with Crippen molar-refractivity contribution in [1.29, 1.82) is 0 Å². The van der Waals surface area contributed by atoms with Crippen LogP contribution in [0.3, 0.4) is 0 Å². The Labute approximate surface area is 143 Å². The summed E-state index contributed by atoms with van der Waals surface area (Å²) in [5.74, 6) is -1.29. The lowest BCUT2D eigenvalue weighted by atomic mass is 10.0. The number of benzene rings is 1. The summed E-state index contributed by atoms with van der Waals surface area (Å²) in [5.41, 5.74) is 1.61. The zero-order valence-electron chi connectivity index (χ0n) is 13.6. The average molecular weight is 343 g/mol. The molecule has 25 heavy (non-hydrogen) atoms. The lowest BCUT2D eigenvalue weighted by Gasteiger charge is -2.32. The molecule has 0 bridgehead atoms. The summed E-state index contributed by atoms with van der Waals surface area (Å²) in [6.45, 7) is 2.36. The Bertz CT molecular complexity index is 917. The molecule has 1 unspecified atom stereocenters. The van der Waals surface area contributed by atoms with Crippen molar-refractivity contribution in [3.05, 3.63) is 53.8 Å². The first-order valence-corrected chi connectivity index (χ1v) is 8.27. The number of furan rings is 1. The van der Waals surface area contributed by atoms with Crippen LogP contribution in [-0.4, -0.2) is 38.8 Å². The summed E-state index contributed by atoms with van der Waals surface area (Å²) in [5, 5.41) is 13.7. The highest BCUT2D eigenvalue weighted by Crippen LogP contribution is 2.27. The molecule has 1 aliphatic heterocycles. The molecule has 0 amide bonds. The monoisotopic (exact) mass is 343 g/mol. The van der Waals surface area contributed by atoms with Crippen molar-refractivity contribution in [2.45, 2.75) is 25.4 Å². The van der Waals surface area contributed by atoms with Gasteiger partial charge in [-0.1, -0.05) is 6.07 Å². The summed E-state index contributed by atoms with van der Waals surface area (Å²) in [4.78, 5) is 13.3. The van der Waals surface area contributed by atoms with Gasteiger partial charge in [0.1, 0.15) is 11.4 Å². The first-order chi connectivity index (χ1) is 12.1. The highest BCUT2D eigenvalue weighted by molar-refractivity contribution is 5.85. The third-order valence-corrected chi connectivity index (χ3v) is 4.72. The van der Waals surface area contributed by atoms with Crippen LogP contribution in [0.25, 0.3) is 11.0 Å². The molecule has 2 aromatic heterocycles. The number of hydrogen-bond donors (Lipinski definition) is 1. The standard InChI is InChI=1S/C18H18FN3O3/c19-15-4-3-12(17-14(15)6-9-25-17)10-21-7-1-2-13(11-21)22-8-5-16(20-22)18(23)24/h3-6,8-9,13H,1-2,7,10-11H2,(H,23,24). The maximum absolute atomic E-state index is 13.8. The fraction of sp³-hybridized carbons (Fsp3) is 0.333. The molecule has 0 spiro atoms. The summed E-state index contributed by atoms with van der Waals surface area (Å²) < 4.78 is 21.0. The van der Waals surface area contributed by atoms with Gasteiger partial charge in [0.25, 0.3) is 0 Å². The third kappa shape index (κ3) is 3.02. The molecule has 7 heteroatoms. The quantitative estimate of drug-likeness (QED) is 0.787. The highest BCUT2D eigenvalue weighted by Gasteiger charge is 2.23. The van der Waals surface area contributed by atoms with Crippen LogP contribution in [0, 0.1) is 5.82 Å². The molecule has 0 radical (unpaired) electrons. The van der Waals surface area contributed by atoms with Crippen LogP contribution < -0.4 is 0 Å². The van der Waals surface area contributed by atoms with E-state index in [0.29, 0.717) is 17.5 Å². The first-order valence-electron chi connectivity index (χ1n) is 8.27. The second-order valence-electron chi connectivity index (χ2n) is 6.39. The van der Waals surface area contributed by atoms with Crippen LogP contribution in [0.15, 0.2) is 41.1 Å². The van der Waals surface area contributed by atoms with Crippen LogP contribution in [-0.2, 0) is 6.54 Å². The number of carbonyl (C=O) groups is 1. The van der Waals surface area contributed by atoms with E-state index in [1.165, 1.54) is 18.4 Å². The van der Waals surface area contributed by atoms with Crippen LogP contribution in [0.2, 0.25) is 0 Å².